The first kappa shape index (κ1) is 24.2. The van der Waals surface area contributed by atoms with Gasteiger partial charge in [0.05, 0.1) is 0 Å². The third-order valence-corrected chi connectivity index (χ3v) is 4.87. The second-order valence-corrected chi connectivity index (χ2v) is 6.56. The number of rotatable bonds is 6. The fraction of sp³-hybridized carbons (Fsp3) is 0.562. The molecule has 2 unspecified atom stereocenters. The normalized spacial score (nSPS) is 26.2. The molecule has 25 heavy (non-hydrogen) atoms. The number of carboxylic acid groups (broad SMARTS) is 1. The predicted octanol–water partition coefficient (Wildman–Crippen LogP) is 1.39. The molecule has 2 rings (SSSR count). The van der Waals surface area contributed by atoms with Gasteiger partial charge in [0.2, 0.25) is 0 Å². The van der Waals surface area contributed by atoms with E-state index in [4.69, 9.17) is 15.8 Å². The van der Waals surface area contributed by atoms with Gasteiger partial charge in [0.25, 0.3) is 0 Å². The van der Waals surface area contributed by atoms with Crippen molar-refractivity contribution in [2.24, 2.45) is 11.7 Å². The van der Waals surface area contributed by atoms with Crippen molar-refractivity contribution >= 4 is 37.9 Å². The monoisotopic (exact) mass is 392 g/mol. The Kier molecular flexibility index (Phi) is 10.0. The van der Waals surface area contributed by atoms with Crippen molar-refractivity contribution in [2.75, 3.05) is 6.54 Å². The highest BCUT2D eigenvalue weighted by molar-refractivity contribution is 6.40. The summed E-state index contributed by atoms with van der Waals surface area (Å²) in [5.41, 5.74) is 6.01. The molecule has 0 aromatic heterocycles. The van der Waals surface area contributed by atoms with Crippen LogP contribution in [0.5, 0.6) is 0 Å². The SMILES string of the molecule is C[C@@H]1N(Cc2ccccc2)CC(CCB(O)O)CC1(N)C(=O)O.Cl.Cl. The lowest BCUT2D eigenvalue weighted by Crippen LogP contribution is -2.66. The molecule has 0 spiro atoms. The molecule has 1 aliphatic rings. The van der Waals surface area contributed by atoms with Gasteiger partial charge in [-0.15, -0.1) is 24.8 Å². The molecule has 1 saturated heterocycles. The van der Waals surface area contributed by atoms with Gasteiger partial charge in [-0.1, -0.05) is 36.8 Å². The van der Waals surface area contributed by atoms with Gasteiger partial charge in [-0.2, -0.15) is 0 Å². The van der Waals surface area contributed by atoms with Gasteiger partial charge >= 0.3 is 13.1 Å². The lowest BCUT2D eigenvalue weighted by molar-refractivity contribution is -0.149. The van der Waals surface area contributed by atoms with Gasteiger partial charge in [0.15, 0.2) is 0 Å². The molecule has 1 aliphatic heterocycles. The van der Waals surface area contributed by atoms with Crippen molar-refractivity contribution in [3.8, 4) is 0 Å². The van der Waals surface area contributed by atoms with Crippen LogP contribution in [0.2, 0.25) is 6.32 Å². The van der Waals surface area contributed by atoms with E-state index in [1.165, 1.54) is 0 Å². The zero-order chi connectivity index (χ0) is 17.0. The van der Waals surface area contributed by atoms with E-state index >= 15 is 0 Å². The van der Waals surface area contributed by atoms with Gasteiger partial charge in [-0.25, -0.2) is 0 Å². The van der Waals surface area contributed by atoms with E-state index in [2.05, 4.69) is 4.90 Å². The summed E-state index contributed by atoms with van der Waals surface area (Å²) in [5, 5.41) is 27.7. The summed E-state index contributed by atoms with van der Waals surface area (Å²) >= 11 is 0. The molecule has 0 radical (unpaired) electrons. The summed E-state index contributed by atoms with van der Waals surface area (Å²) < 4.78 is 0. The minimum absolute atomic E-state index is 0. The number of nitrogens with two attached hydrogens (primary N) is 1. The summed E-state index contributed by atoms with van der Waals surface area (Å²) in [5.74, 6) is -0.977. The van der Waals surface area contributed by atoms with Crippen LogP contribution < -0.4 is 5.73 Å². The van der Waals surface area contributed by atoms with E-state index in [0.29, 0.717) is 25.9 Å². The Hall–Kier alpha value is -0.825. The third-order valence-electron chi connectivity index (χ3n) is 4.87. The van der Waals surface area contributed by atoms with Crippen molar-refractivity contribution in [1.29, 1.82) is 0 Å². The number of halogens is 2. The average Bonchev–Trinajstić information content (AvgIpc) is 2.50. The average molecular weight is 393 g/mol. The smallest absolute Gasteiger partial charge is 0.451 e. The van der Waals surface area contributed by atoms with Gasteiger partial charge in [-0.05, 0) is 31.1 Å². The molecule has 1 aromatic carbocycles. The molecular weight excluding hydrogens is 366 g/mol. The number of likely N-dealkylation sites (tertiary alicyclic amines) is 1. The standard InChI is InChI=1S/C16H25BN2O4.2ClH/c1-12-16(18,15(20)21)9-14(7-8-17(22)23)11-19(12)10-13-5-3-2-4-6-13;;/h2-6,12,14,22-23H,7-11,18H2,1H3,(H,20,21);2*1H/t12-,14?,16?;;/m0../s1. The minimum atomic E-state index is -1.37. The van der Waals surface area contributed by atoms with E-state index in [1.54, 1.807) is 0 Å². The Morgan fingerprint density at radius 3 is 2.44 bits per heavy atom. The molecule has 5 N–H and O–H groups in total. The summed E-state index contributed by atoms with van der Waals surface area (Å²) in [6.45, 7) is 3.19. The molecule has 0 saturated carbocycles. The van der Waals surface area contributed by atoms with Crippen LogP contribution in [0.1, 0.15) is 25.3 Å². The van der Waals surface area contributed by atoms with Crippen molar-refractivity contribution in [3.63, 3.8) is 0 Å². The molecular formula is C16H27BCl2N2O4. The Balaban J connectivity index is 0.00000288. The Bertz CT molecular complexity index is 538. The zero-order valence-electron chi connectivity index (χ0n) is 14.2. The lowest BCUT2D eigenvalue weighted by Gasteiger charge is -2.47. The predicted molar refractivity (Wildman–Crippen MR) is 103 cm³/mol. The molecule has 1 aromatic rings. The molecule has 3 atom stereocenters. The van der Waals surface area contributed by atoms with Gasteiger partial charge in [-0.3, -0.25) is 9.69 Å². The highest BCUT2D eigenvalue weighted by Crippen LogP contribution is 2.33. The van der Waals surface area contributed by atoms with Crippen molar-refractivity contribution < 1.29 is 19.9 Å². The Morgan fingerprint density at radius 1 is 1.32 bits per heavy atom. The first-order chi connectivity index (χ1) is 10.8. The highest BCUT2D eigenvalue weighted by atomic mass is 35.5. The van der Waals surface area contributed by atoms with E-state index in [0.717, 1.165) is 5.56 Å². The number of hydrogen-bond donors (Lipinski definition) is 4. The maximum atomic E-state index is 11.7. The summed E-state index contributed by atoms with van der Waals surface area (Å²) in [4.78, 5) is 13.8. The largest absolute Gasteiger partial charge is 0.480 e. The van der Waals surface area contributed by atoms with Crippen LogP contribution in [0.3, 0.4) is 0 Å². The van der Waals surface area contributed by atoms with Gasteiger partial charge in [0.1, 0.15) is 5.54 Å². The molecule has 1 heterocycles. The molecule has 0 amide bonds. The Labute approximate surface area is 161 Å². The van der Waals surface area contributed by atoms with Gasteiger partial charge in [0, 0.05) is 19.1 Å². The maximum Gasteiger partial charge on any atom is 0.451 e. The first-order valence-electron chi connectivity index (χ1n) is 7.99. The fourth-order valence-corrected chi connectivity index (χ4v) is 3.39. The first-order valence-corrected chi connectivity index (χ1v) is 7.99. The number of carbonyl (C=O) groups is 1. The van der Waals surface area contributed by atoms with E-state index in [9.17, 15) is 9.90 Å². The number of nitrogens with zero attached hydrogens (tertiary/aromatic N) is 1. The van der Waals surface area contributed by atoms with Crippen LogP contribution >= 0.6 is 24.8 Å². The molecule has 1 fully saturated rings. The summed E-state index contributed by atoms with van der Waals surface area (Å²) in [7, 11) is -1.37. The third kappa shape index (κ3) is 6.13. The van der Waals surface area contributed by atoms with E-state index < -0.39 is 18.6 Å². The number of hydrogen-bond acceptors (Lipinski definition) is 5. The van der Waals surface area contributed by atoms with Gasteiger partial charge < -0.3 is 20.9 Å². The second kappa shape index (κ2) is 10.4. The number of carboxylic acids is 1. The topological polar surface area (TPSA) is 107 Å². The fourth-order valence-electron chi connectivity index (χ4n) is 3.39. The molecule has 142 valence electrons. The van der Waals surface area contributed by atoms with E-state index in [-0.39, 0.29) is 43.1 Å². The van der Waals surface area contributed by atoms with Crippen molar-refractivity contribution in [1.82, 2.24) is 4.90 Å². The van der Waals surface area contributed by atoms with Crippen molar-refractivity contribution in [2.45, 2.75) is 44.2 Å². The maximum absolute atomic E-state index is 11.7. The second-order valence-electron chi connectivity index (χ2n) is 6.56. The summed E-state index contributed by atoms with van der Waals surface area (Å²) in [6, 6.07) is 9.57. The van der Waals surface area contributed by atoms with Crippen LogP contribution in [0.25, 0.3) is 0 Å². The quantitative estimate of drug-likeness (QED) is 0.545. The highest BCUT2D eigenvalue weighted by Gasteiger charge is 2.48. The number of aliphatic carboxylic acids is 1. The molecule has 0 bridgehead atoms. The van der Waals surface area contributed by atoms with Crippen LogP contribution in [0.15, 0.2) is 30.3 Å². The van der Waals surface area contributed by atoms with Crippen LogP contribution in [0.4, 0.5) is 0 Å². The van der Waals surface area contributed by atoms with Crippen molar-refractivity contribution in [3.05, 3.63) is 35.9 Å². The lowest BCUT2D eigenvalue weighted by atomic mass is 9.72. The zero-order valence-corrected chi connectivity index (χ0v) is 15.9. The Morgan fingerprint density at radius 2 is 1.92 bits per heavy atom. The van der Waals surface area contributed by atoms with Crippen LogP contribution in [0, 0.1) is 5.92 Å². The molecule has 6 nitrogen and oxygen atoms in total. The minimum Gasteiger partial charge on any atom is -0.480 e. The number of benzene rings is 1. The van der Waals surface area contributed by atoms with E-state index in [1.807, 2.05) is 37.3 Å². The molecule has 9 heteroatoms. The molecule has 0 aliphatic carbocycles. The van der Waals surface area contributed by atoms with Crippen LogP contribution in [-0.2, 0) is 11.3 Å². The van der Waals surface area contributed by atoms with Crippen LogP contribution in [-0.4, -0.2) is 51.3 Å². The summed E-state index contributed by atoms with van der Waals surface area (Å²) in [6.07, 6.45) is 1.12. The number of piperidine rings is 1.